The Bertz CT molecular complexity index is 637. The molecule has 1 N–H and O–H groups in total. The highest BCUT2D eigenvalue weighted by Gasteiger charge is 2.67. The maximum Gasteiger partial charge on any atom is 0.175 e. The van der Waals surface area contributed by atoms with Gasteiger partial charge in [-0.1, -0.05) is 45.7 Å². The Labute approximate surface area is 173 Å². The summed E-state index contributed by atoms with van der Waals surface area (Å²) in [5, 5.41) is 11.6. The van der Waals surface area contributed by atoms with Crippen LogP contribution in [0.2, 0.25) is 0 Å². The van der Waals surface area contributed by atoms with Crippen molar-refractivity contribution in [2.24, 2.45) is 34.5 Å². The number of alkyl halides is 2. The third-order valence-electron chi connectivity index (χ3n) is 9.25. The van der Waals surface area contributed by atoms with Crippen molar-refractivity contribution in [2.75, 3.05) is 5.33 Å². The lowest BCUT2D eigenvalue weighted by Crippen LogP contribution is -2.60. The highest BCUT2D eigenvalue weighted by Crippen LogP contribution is 2.68. The number of Topliss-reactive ketones (excluding diaryl/α,β-unsaturated/α-hetero) is 2. The summed E-state index contributed by atoms with van der Waals surface area (Å²) < 4.78 is 0. The molecule has 5 heteroatoms. The topological polar surface area (TPSA) is 54.4 Å². The van der Waals surface area contributed by atoms with Crippen LogP contribution >= 0.6 is 31.9 Å². The number of carbonyl (C=O) groups excluding carboxylic acids is 2. The molecule has 4 rings (SSSR count). The average Bonchev–Trinajstić information content (AvgIpc) is 2.90. The van der Waals surface area contributed by atoms with Crippen molar-refractivity contribution in [1.82, 2.24) is 0 Å². The van der Waals surface area contributed by atoms with E-state index in [2.05, 4.69) is 45.7 Å². The first kappa shape index (κ1) is 19.6. The molecule has 0 heterocycles. The van der Waals surface area contributed by atoms with Gasteiger partial charge in [-0.05, 0) is 74.0 Å². The Morgan fingerprint density at radius 2 is 1.77 bits per heavy atom. The summed E-state index contributed by atoms with van der Waals surface area (Å²) in [4.78, 5) is 24.9. The van der Waals surface area contributed by atoms with E-state index < -0.39 is 5.60 Å². The van der Waals surface area contributed by atoms with Gasteiger partial charge in [-0.3, -0.25) is 9.59 Å². The van der Waals surface area contributed by atoms with E-state index in [4.69, 9.17) is 0 Å². The molecule has 26 heavy (non-hydrogen) atoms. The molecule has 0 bridgehead atoms. The van der Waals surface area contributed by atoms with Gasteiger partial charge in [-0.2, -0.15) is 0 Å². The fraction of sp³-hybridized carbons (Fsp3) is 0.905. The van der Waals surface area contributed by atoms with E-state index in [0.29, 0.717) is 42.3 Å². The molecule has 0 radical (unpaired) electrons. The molecule has 4 aliphatic rings. The van der Waals surface area contributed by atoms with Crippen LogP contribution in [0.4, 0.5) is 0 Å². The summed E-state index contributed by atoms with van der Waals surface area (Å²) in [6.07, 6.45) is 7.52. The molecule has 0 saturated heterocycles. The minimum Gasteiger partial charge on any atom is -0.381 e. The van der Waals surface area contributed by atoms with Crippen LogP contribution in [0.3, 0.4) is 0 Å². The standard InChI is InChI=1S/C21H30Br2O3/c1-19-8-7-16(24)18(23)15(19)4-3-12-13(19)5-9-20(2)14(12)6-10-21(20,26)17(25)11-22/h12-15,18,26H,3-11H2,1-2H3/t12-,13+,14+,15?,18?,19-,20+,21+/m1/s1. The summed E-state index contributed by atoms with van der Waals surface area (Å²) in [5.74, 6) is 2.42. The maximum absolute atomic E-state index is 12.6. The Hall–Kier alpha value is 0.260. The number of halogens is 2. The Kier molecular flexibility index (Phi) is 4.80. The van der Waals surface area contributed by atoms with Gasteiger partial charge in [0.15, 0.2) is 5.78 Å². The summed E-state index contributed by atoms with van der Waals surface area (Å²) >= 11 is 7.01. The van der Waals surface area contributed by atoms with Crippen LogP contribution in [0.25, 0.3) is 0 Å². The zero-order chi connectivity index (χ0) is 18.9. The van der Waals surface area contributed by atoms with E-state index in [1.54, 1.807) is 0 Å². The van der Waals surface area contributed by atoms with Crippen LogP contribution in [0.15, 0.2) is 0 Å². The highest BCUT2D eigenvalue weighted by molar-refractivity contribution is 9.10. The van der Waals surface area contributed by atoms with Crippen molar-refractivity contribution in [3.8, 4) is 0 Å². The molecule has 4 saturated carbocycles. The first-order valence-corrected chi connectivity index (χ1v) is 12.2. The van der Waals surface area contributed by atoms with Crippen LogP contribution in [-0.4, -0.2) is 32.4 Å². The predicted molar refractivity (Wildman–Crippen MR) is 109 cm³/mol. The monoisotopic (exact) mass is 488 g/mol. The molecule has 4 fully saturated rings. The van der Waals surface area contributed by atoms with Crippen LogP contribution in [0.1, 0.15) is 65.2 Å². The fourth-order valence-corrected chi connectivity index (χ4v) is 9.24. The SMILES string of the molecule is C[C@]12CCC(=O)C(Br)C1CC[C@@H]1[C@@H]2CC[C@@]2(C)[C@H]1CC[C@]2(O)C(=O)CBr. The number of hydrogen-bond donors (Lipinski definition) is 1. The van der Waals surface area contributed by atoms with E-state index in [1.807, 2.05) is 0 Å². The van der Waals surface area contributed by atoms with E-state index in [1.165, 1.54) is 0 Å². The lowest BCUT2D eigenvalue weighted by Gasteiger charge is -2.61. The zero-order valence-corrected chi connectivity index (χ0v) is 18.9. The summed E-state index contributed by atoms with van der Waals surface area (Å²) in [6, 6.07) is 0. The Morgan fingerprint density at radius 1 is 1.08 bits per heavy atom. The second-order valence-corrected chi connectivity index (χ2v) is 11.4. The molecule has 2 unspecified atom stereocenters. The molecule has 0 aliphatic heterocycles. The summed E-state index contributed by atoms with van der Waals surface area (Å²) in [5.41, 5.74) is -1.24. The number of ketones is 2. The van der Waals surface area contributed by atoms with Gasteiger partial charge >= 0.3 is 0 Å². The second kappa shape index (κ2) is 6.38. The number of fused-ring (bicyclic) bond motifs is 5. The molecule has 0 amide bonds. The van der Waals surface area contributed by atoms with Crippen LogP contribution in [-0.2, 0) is 9.59 Å². The smallest absolute Gasteiger partial charge is 0.175 e. The van der Waals surface area contributed by atoms with E-state index >= 15 is 0 Å². The van der Waals surface area contributed by atoms with Crippen LogP contribution < -0.4 is 0 Å². The van der Waals surface area contributed by atoms with Crippen molar-refractivity contribution >= 4 is 43.4 Å². The molecular formula is C21H30Br2O3. The van der Waals surface area contributed by atoms with Crippen molar-refractivity contribution in [2.45, 2.75) is 75.6 Å². The van der Waals surface area contributed by atoms with Crippen LogP contribution in [0.5, 0.6) is 0 Å². The average molecular weight is 490 g/mol. The van der Waals surface area contributed by atoms with Gasteiger partial charge in [0.05, 0.1) is 10.2 Å². The van der Waals surface area contributed by atoms with E-state index in [0.717, 1.165) is 38.5 Å². The lowest BCUT2D eigenvalue weighted by atomic mass is 9.44. The molecule has 3 nitrogen and oxygen atoms in total. The van der Waals surface area contributed by atoms with Gasteiger partial charge in [-0.15, -0.1) is 0 Å². The minimum atomic E-state index is -1.16. The summed E-state index contributed by atoms with van der Waals surface area (Å²) in [7, 11) is 0. The zero-order valence-electron chi connectivity index (χ0n) is 15.8. The third kappa shape index (κ3) is 2.38. The van der Waals surface area contributed by atoms with Crippen molar-refractivity contribution in [3.63, 3.8) is 0 Å². The van der Waals surface area contributed by atoms with Gasteiger partial charge in [-0.25, -0.2) is 0 Å². The molecule has 146 valence electrons. The highest BCUT2D eigenvalue weighted by atomic mass is 79.9. The molecule has 0 aromatic heterocycles. The molecule has 0 aromatic carbocycles. The van der Waals surface area contributed by atoms with E-state index in [-0.39, 0.29) is 26.8 Å². The first-order valence-electron chi connectivity index (χ1n) is 10.2. The van der Waals surface area contributed by atoms with Gasteiger partial charge in [0.25, 0.3) is 0 Å². The fourth-order valence-electron chi connectivity index (χ4n) is 7.68. The maximum atomic E-state index is 12.6. The second-order valence-electron chi connectivity index (χ2n) is 9.85. The van der Waals surface area contributed by atoms with Gasteiger partial charge in [0, 0.05) is 11.8 Å². The first-order chi connectivity index (χ1) is 12.2. The van der Waals surface area contributed by atoms with Crippen molar-refractivity contribution in [3.05, 3.63) is 0 Å². The van der Waals surface area contributed by atoms with Gasteiger partial charge in [0.2, 0.25) is 0 Å². The Balaban J connectivity index is 1.66. The number of aliphatic hydroxyl groups is 1. The molecule has 0 aromatic rings. The van der Waals surface area contributed by atoms with Gasteiger partial charge < -0.3 is 5.11 Å². The minimum absolute atomic E-state index is 0.0194. The number of rotatable bonds is 2. The molecular weight excluding hydrogens is 460 g/mol. The van der Waals surface area contributed by atoms with Crippen molar-refractivity contribution in [1.29, 1.82) is 0 Å². The normalized spacial score (nSPS) is 53.6. The van der Waals surface area contributed by atoms with Gasteiger partial charge in [0.1, 0.15) is 11.4 Å². The lowest BCUT2D eigenvalue weighted by molar-refractivity contribution is -0.167. The van der Waals surface area contributed by atoms with E-state index in [9.17, 15) is 14.7 Å². The van der Waals surface area contributed by atoms with Crippen molar-refractivity contribution < 1.29 is 14.7 Å². The predicted octanol–water partition coefficient (Wildman–Crippen LogP) is 4.67. The molecule has 8 atom stereocenters. The number of hydrogen-bond acceptors (Lipinski definition) is 3. The molecule has 0 spiro atoms. The third-order valence-corrected chi connectivity index (χ3v) is 10.9. The number of carbonyl (C=O) groups is 2. The van der Waals surface area contributed by atoms with Crippen LogP contribution in [0, 0.1) is 34.5 Å². The Morgan fingerprint density at radius 3 is 2.46 bits per heavy atom. The largest absolute Gasteiger partial charge is 0.381 e. The summed E-state index contributed by atoms with van der Waals surface area (Å²) in [6.45, 7) is 4.59. The molecule has 4 aliphatic carbocycles. The quantitative estimate of drug-likeness (QED) is 0.573.